The van der Waals surface area contributed by atoms with Gasteiger partial charge in [-0.3, -0.25) is 0 Å². The van der Waals surface area contributed by atoms with Crippen LogP contribution in [0.1, 0.15) is 44.7 Å². The number of halogens is 3. The van der Waals surface area contributed by atoms with Gasteiger partial charge in [0, 0.05) is 17.3 Å². The van der Waals surface area contributed by atoms with Crippen molar-refractivity contribution >= 4 is 18.2 Å². The van der Waals surface area contributed by atoms with E-state index in [1.54, 1.807) is 0 Å². The van der Waals surface area contributed by atoms with Crippen molar-refractivity contribution < 1.29 is 17.9 Å². The van der Waals surface area contributed by atoms with Gasteiger partial charge in [-0.25, -0.2) is 0 Å². The van der Waals surface area contributed by atoms with Gasteiger partial charge in [-0.05, 0) is 38.0 Å². The van der Waals surface area contributed by atoms with Crippen molar-refractivity contribution in [1.82, 2.24) is 5.32 Å². The van der Waals surface area contributed by atoms with Gasteiger partial charge in [0.15, 0.2) is 0 Å². The molecule has 7 heteroatoms. The van der Waals surface area contributed by atoms with Gasteiger partial charge in [-0.2, -0.15) is 13.2 Å². The SMILES string of the molecule is CC/C=C(/S)N/C(=C\N)C(=C(C)CC)c1ccc(C(F)(F)F)cc1OC. The van der Waals surface area contributed by atoms with Crippen LogP contribution in [0.3, 0.4) is 0 Å². The van der Waals surface area contributed by atoms with E-state index < -0.39 is 11.7 Å². The molecule has 0 spiro atoms. The van der Waals surface area contributed by atoms with E-state index in [2.05, 4.69) is 17.9 Å². The van der Waals surface area contributed by atoms with Crippen LogP contribution in [0.15, 0.2) is 46.8 Å². The van der Waals surface area contributed by atoms with Gasteiger partial charge in [0.05, 0.1) is 23.4 Å². The van der Waals surface area contributed by atoms with E-state index in [1.807, 2.05) is 26.8 Å². The number of benzene rings is 1. The van der Waals surface area contributed by atoms with Crippen LogP contribution in [-0.2, 0) is 6.18 Å². The summed E-state index contributed by atoms with van der Waals surface area (Å²) in [4.78, 5) is 0. The number of rotatable bonds is 7. The van der Waals surface area contributed by atoms with E-state index in [4.69, 9.17) is 10.5 Å². The quantitative estimate of drug-likeness (QED) is 0.430. The number of methoxy groups -OCH3 is 1. The van der Waals surface area contributed by atoms with Crippen molar-refractivity contribution in [2.24, 2.45) is 5.73 Å². The maximum absolute atomic E-state index is 13.0. The van der Waals surface area contributed by atoms with Crippen LogP contribution in [0, 0.1) is 0 Å². The molecule has 3 N–H and O–H groups in total. The first-order chi connectivity index (χ1) is 12.2. The lowest BCUT2D eigenvalue weighted by Crippen LogP contribution is -2.15. The number of thiol groups is 1. The van der Waals surface area contributed by atoms with Crippen molar-refractivity contribution in [1.29, 1.82) is 0 Å². The van der Waals surface area contributed by atoms with Crippen molar-refractivity contribution in [2.75, 3.05) is 7.11 Å². The molecule has 0 unspecified atom stereocenters. The predicted octanol–water partition coefficient (Wildman–Crippen LogP) is 5.47. The zero-order valence-electron chi connectivity index (χ0n) is 15.4. The fourth-order valence-electron chi connectivity index (χ4n) is 2.43. The molecule has 0 aliphatic heterocycles. The zero-order chi connectivity index (χ0) is 19.9. The molecule has 0 aliphatic rings. The Labute approximate surface area is 158 Å². The van der Waals surface area contributed by atoms with E-state index in [0.29, 0.717) is 28.3 Å². The van der Waals surface area contributed by atoms with Crippen LogP contribution in [0.5, 0.6) is 5.75 Å². The second-order valence-corrected chi connectivity index (χ2v) is 6.11. The van der Waals surface area contributed by atoms with E-state index >= 15 is 0 Å². The zero-order valence-corrected chi connectivity index (χ0v) is 16.3. The summed E-state index contributed by atoms with van der Waals surface area (Å²) in [5.41, 5.74) is 7.76. The van der Waals surface area contributed by atoms with Crippen LogP contribution in [0.25, 0.3) is 5.57 Å². The normalized spacial score (nSPS) is 14.2. The lowest BCUT2D eigenvalue weighted by Gasteiger charge is -2.20. The Bertz CT molecular complexity index is 722. The maximum Gasteiger partial charge on any atom is 0.416 e. The Kier molecular flexibility index (Phi) is 8.14. The molecular formula is C19H25F3N2OS. The standard InChI is InChI=1S/C19H25F3N2OS/c1-5-7-17(26)24-15(11-23)18(12(3)6-2)14-9-8-13(19(20,21)22)10-16(14)25-4/h7-11,24,26H,5-6,23H2,1-4H3/b15-11-,17-7+,18-12?. The molecule has 1 rings (SSSR count). The van der Waals surface area contributed by atoms with Crippen molar-refractivity contribution in [3.63, 3.8) is 0 Å². The third-order valence-electron chi connectivity index (χ3n) is 3.85. The molecule has 26 heavy (non-hydrogen) atoms. The maximum atomic E-state index is 13.0. The molecule has 3 nitrogen and oxygen atoms in total. The van der Waals surface area contributed by atoms with Crippen molar-refractivity contribution in [3.05, 3.63) is 57.9 Å². The van der Waals surface area contributed by atoms with Gasteiger partial charge in [0.1, 0.15) is 5.75 Å². The monoisotopic (exact) mass is 386 g/mol. The highest BCUT2D eigenvalue weighted by molar-refractivity contribution is 7.84. The average molecular weight is 386 g/mol. The van der Waals surface area contributed by atoms with E-state index in [-0.39, 0.29) is 5.75 Å². The number of nitrogens with two attached hydrogens (primary N) is 1. The van der Waals surface area contributed by atoms with Gasteiger partial charge >= 0.3 is 6.18 Å². The van der Waals surface area contributed by atoms with E-state index in [9.17, 15) is 13.2 Å². The molecule has 0 radical (unpaired) electrons. The Balaban J connectivity index is 3.55. The summed E-state index contributed by atoms with van der Waals surface area (Å²) in [5.74, 6) is 0.129. The topological polar surface area (TPSA) is 47.3 Å². The van der Waals surface area contributed by atoms with Crippen LogP contribution in [0.2, 0.25) is 0 Å². The number of allylic oxidation sites excluding steroid dienone is 3. The van der Waals surface area contributed by atoms with Gasteiger partial charge in [-0.15, -0.1) is 12.6 Å². The second-order valence-electron chi connectivity index (χ2n) is 5.62. The molecule has 0 amide bonds. The van der Waals surface area contributed by atoms with Crippen molar-refractivity contribution in [2.45, 2.75) is 39.8 Å². The van der Waals surface area contributed by atoms with Gasteiger partial charge in [0.2, 0.25) is 0 Å². The minimum Gasteiger partial charge on any atom is -0.496 e. The molecule has 0 aliphatic carbocycles. The average Bonchev–Trinajstić information content (AvgIpc) is 2.60. The summed E-state index contributed by atoms with van der Waals surface area (Å²) in [6.07, 6.45) is 0.278. The van der Waals surface area contributed by atoms with E-state index in [1.165, 1.54) is 19.4 Å². The first kappa shape index (κ1) is 22.0. The van der Waals surface area contributed by atoms with Crippen LogP contribution in [-0.4, -0.2) is 7.11 Å². The number of hydrogen-bond acceptors (Lipinski definition) is 4. The largest absolute Gasteiger partial charge is 0.496 e. The minimum atomic E-state index is -4.44. The molecule has 1 aromatic rings. The lowest BCUT2D eigenvalue weighted by molar-refractivity contribution is -0.137. The Morgan fingerprint density at radius 1 is 1.31 bits per heavy atom. The fourth-order valence-corrected chi connectivity index (χ4v) is 2.73. The Morgan fingerprint density at radius 3 is 2.42 bits per heavy atom. The van der Waals surface area contributed by atoms with Gasteiger partial charge in [0.25, 0.3) is 0 Å². The second kappa shape index (κ2) is 9.62. The molecule has 0 bridgehead atoms. The minimum absolute atomic E-state index is 0.129. The summed E-state index contributed by atoms with van der Waals surface area (Å²) >= 11 is 4.36. The van der Waals surface area contributed by atoms with Crippen LogP contribution < -0.4 is 15.8 Å². The molecule has 0 saturated carbocycles. The van der Waals surface area contributed by atoms with Gasteiger partial charge < -0.3 is 15.8 Å². The number of ether oxygens (including phenoxy) is 1. The third kappa shape index (κ3) is 5.49. The molecule has 0 fully saturated rings. The van der Waals surface area contributed by atoms with Crippen LogP contribution in [0.4, 0.5) is 13.2 Å². The highest BCUT2D eigenvalue weighted by Crippen LogP contribution is 2.38. The smallest absolute Gasteiger partial charge is 0.416 e. The number of alkyl halides is 3. The Hall–Kier alpha value is -2.02. The van der Waals surface area contributed by atoms with Crippen LogP contribution >= 0.6 is 12.6 Å². The molecule has 1 aromatic carbocycles. The summed E-state index contributed by atoms with van der Waals surface area (Å²) in [6.45, 7) is 5.83. The summed E-state index contributed by atoms with van der Waals surface area (Å²) < 4.78 is 44.3. The number of hydrogen-bond donors (Lipinski definition) is 3. The van der Waals surface area contributed by atoms with Gasteiger partial charge in [-0.1, -0.05) is 25.5 Å². The highest BCUT2D eigenvalue weighted by atomic mass is 32.1. The predicted molar refractivity (Wildman–Crippen MR) is 104 cm³/mol. The molecule has 0 aromatic heterocycles. The highest BCUT2D eigenvalue weighted by Gasteiger charge is 2.31. The first-order valence-corrected chi connectivity index (χ1v) is 8.67. The van der Waals surface area contributed by atoms with Crippen molar-refractivity contribution in [3.8, 4) is 5.75 Å². The van der Waals surface area contributed by atoms with E-state index in [0.717, 1.165) is 24.1 Å². The lowest BCUT2D eigenvalue weighted by atomic mass is 9.94. The molecular weight excluding hydrogens is 361 g/mol. The third-order valence-corrected chi connectivity index (χ3v) is 4.15. The Morgan fingerprint density at radius 2 is 1.96 bits per heavy atom. The number of nitrogens with one attached hydrogen (secondary N) is 1. The summed E-state index contributed by atoms with van der Waals surface area (Å²) in [5, 5.41) is 3.71. The molecule has 0 saturated heterocycles. The molecule has 0 heterocycles. The fraction of sp³-hybridized carbons (Fsp3) is 0.368. The molecule has 144 valence electrons. The summed E-state index contributed by atoms with van der Waals surface area (Å²) in [7, 11) is 1.35. The molecule has 0 atom stereocenters. The summed E-state index contributed by atoms with van der Waals surface area (Å²) in [6, 6.07) is 3.44. The first-order valence-electron chi connectivity index (χ1n) is 8.23.